The molecule has 4 aromatic rings. The Morgan fingerprint density at radius 2 is 2.00 bits per heavy atom. The standard InChI is InChI=1S/C27H29FN6O2/c1-17-13-20(4-5-21(17)27(35)33-10-7-18(15-29)8-11-33)32-25-26-31-16-23(34(26)12-9-30-25)19-3-6-24(36-2)22(28)14-19/h3-6,9,12-14,16,18H,7-8,10-11,15,29H2,1-2H3,(H,30,32). The van der Waals surface area contributed by atoms with Gasteiger partial charge in [-0.1, -0.05) is 0 Å². The second-order valence-electron chi connectivity index (χ2n) is 9.09. The van der Waals surface area contributed by atoms with Crippen LogP contribution in [0.3, 0.4) is 0 Å². The largest absolute Gasteiger partial charge is 0.494 e. The minimum absolute atomic E-state index is 0.0550. The lowest BCUT2D eigenvalue weighted by molar-refractivity contribution is 0.0692. The van der Waals surface area contributed by atoms with Crippen LogP contribution in [0.25, 0.3) is 16.9 Å². The number of benzene rings is 2. The average Bonchev–Trinajstić information content (AvgIpc) is 3.34. The van der Waals surface area contributed by atoms with E-state index >= 15 is 0 Å². The molecule has 1 aliphatic rings. The Hall–Kier alpha value is -3.98. The molecule has 0 aliphatic carbocycles. The maximum Gasteiger partial charge on any atom is 0.254 e. The van der Waals surface area contributed by atoms with Crippen LogP contribution in [0.15, 0.2) is 55.0 Å². The Morgan fingerprint density at radius 3 is 2.69 bits per heavy atom. The third-order valence-electron chi connectivity index (χ3n) is 6.83. The number of anilines is 2. The van der Waals surface area contributed by atoms with Gasteiger partial charge in [-0.3, -0.25) is 9.20 Å². The molecule has 0 spiro atoms. The molecule has 3 N–H and O–H groups in total. The Bertz CT molecular complexity index is 1410. The number of carbonyl (C=O) groups is 1. The SMILES string of the molecule is COc1ccc(-c2cnc3c(Nc4ccc(C(=O)N5CCC(CN)CC5)c(C)c4)nccn23)cc1F. The van der Waals surface area contributed by atoms with E-state index in [1.54, 1.807) is 30.7 Å². The number of hydrogen-bond donors (Lipinski definition) is 2. The second kappa shape index (κ2) is 9.94. The number of carbonyl (C=O) groups excluding carboxylic acids is 1. The van der Waals surface area contributed by atoms with Crippen molar-refractivity contribution in [2.24, 2.45) is 11.7 Å². The Balaban J connectivity index is 1.37. The predicted molar refractivity (Wildman–Crippen MR) is 137 cm³/mol. The molecule has 1 aliphatic heterocycles. The molecule has 9 heteroatoms. The molecule has 186 valence electrons. The van der Waals surface area contributed by atoms with Crippen molar-refractivity contribution >= 4 is 23.1 Å². The highest BCUT2D eigenvalue weighted by Crippen LogP contribution is 2.29. The van der Waals surface area contributed by atoms with Gasteiger partial charge in [0, 0.05) is 42.3 Å². The van der Waals surface area contributed by atoms with E-state index in [0.717, 1.165) is 42.9 Å². The predicted octanol–water partition coefficient (Wildman–Crippen LogP) is 4.41. The van der Waals surface area contributed by atoms with Gasteiger partial charge >= 0.3 is 0 Å². The van der Waals surface area contributed by atoms with Crippen LogP contribution in [0, 0.1) is 18.7 Å². The van der Waals surface area contributed by atoms with Crippen LogP contribution in [0.5, 0.6) is 5.75 Å². The summed E-state index contributed by atoms with van der Waals surface area (Å²) < 4.78 is 21.2. The third kappa shape index (κ3) is 4.49. The van der Waals surface area contributed by atoms with Crippen LogP contribution in [-0.4, -0.2) is 51.9 Å². The van der Waals surface area contributed by atoms with E-state index in [0.29, 0.717) is 35.1 Å². The number of nitrogens with one attached hydrogen (secondary N) is 1. The number of amides is 1. The van der Waals surface area contributed by atoms with E-state index < -0.39 is 5.82 Å². The molecule has 3 heterocycles. The van der Waals surface area contributed by atoms with E-state index in [9.17, 15) is 9.18 Å². The van der Waals surface area contributed by atoms with Crippen LogP contribution in [0.4, 0.5) is 15.9 Å². The average molecular weight is 489 g/mol. The van der Waals surface area contributed by atoms with Gasteiger partial charge < -0.3 is 20.7 Å². The first-order chi connectivity index (χ1) is 17.5. The Morgan fingerprint density at radius 1 is 1.19 bits per heavy atom. The van der Waals surface area contributed by atoms with Crippen LogP contribution in [-0.2, 0) is 0 Å². The van der Waals surface area contributed by atoms with Crippen molar-refractivity contribution in [3.05, 3.63) is 71.9 Å². The lowest BCUT2D eigenvalue weighted by atomic mass is 9.96. The lowest BCUT2D eigenvalue weighted by Gasteiger charge is -2.31. The highest BCUT2D eigenvalue weighted by Gasteiger charge is 2.24. The van der Waals surface area contributed by atoms with Gasteiger partial charge in [-0.25, -0.2) is 14.4 Å². The van der Waals surface area contributed by atoms with Gasteiger partial charge in [-0.05, 0) is 74.2 Å². The van der Waals surface area contributed by atoms with E-state index in [1.807, 2.05) is 34.4 Å². The molecule has 2 aromatic heterocycles. The molecule has 5 rings (SSSR count). The molecule has 0 atom stereocenters. The minimum atomic E-state index is -0.439. The molecule has 2 aromatic carbocycles. The molecule has 0 saturated carbocycles. The van der Waals surface area contributed by atoms with Crippen LogP contribution < -0.4 is 15.8 Å². The summed E-state index contributed by atoms with van der Waals surface area (Å²) in [6, 6.07) is 10.5. The molecule has 0 radical (unpaired) electrons. The number of hydrogen-bond acceptors (Lipinski definition) is 6. The third-order valence-corrected chi connectivity index (χ3v) is 6.83. The monoisotopic (exact) mass is 488 g/mol. The number of piperidine rings is 1. The van der Waals surface area contributed by atoms with Crippen molar-refractivity contribution in [1.29, 1.82) is 0 Å². The van der Waals surface area contributed by atoms with Crippen molar-refractivity contribution in [3.8, 4) is 17.0 Å². The van der Waals surface area contributed by atoms with Gasteiger partial charge in [0.2, 0.25) is 0 Å². The van der Waals surface area contributed by atoms with Crippen molar-refractivity contribution < 1.29 is 13.9 Å². The van der Waals surface area contributed by atoms with Crippen LogP contribution in [0.2, 0.25) is 0 Å². The normalized spacial score (nSPS) is 14.3. The lowest BCUT2D eigenvalue weighted by Crippen LogP contribution is -2.40. The first kappa shape index (κ1) is 23.7. The number of methoxy groups -OCH3 is 1. The number of rotatable bonds is 6. The fourth-order valence-corrected chi connectivity index (χ4v) is 4.71. The zero-order chi connectivity index (χ0) is 25.2. The first-order valence-electron chi connectivity index (χ1n) is 12.0. The number of ether oxygens (including phenoxy) is 1. The van der Waals surface area contributed by atoms with E-state index in [2.05, 4.69) is 15.3 Å². The molecule has 1 amide bonds. The number of aromatic nitrogens is 3. The van der Waals surface area contributed by atoms with Crippen molar-refractivity contribution in [2.45, 2.75) is 19.8 Å². The van der Waals surface area contributed by atoms with Crippen molar-refractivity contribution in [1.82, 2.24) is 19.3 Å². The highest BCUT2D eigenvalue weighted by molar-refractivity contribution is 5.96. The smallest absolute Gasteiger partial charge is 0.254 e. The van der Waals surface area contributed by atoms with E-state index in [-0.39, 0.29) is 11.7 Å². The van der Waals surface area contributed by atoms with Gasteiger partial charge in [0.05, 0.1) is 19.0 Å². The summed E-state index contributed by atoms with van der Waals surface area (Å²) in [7, 11) is 1.44. The fraction of sp³-hybridized carbons (Fsp3) is 0.296. The number of halogens is 1. The van der Waals surface area contributed by atoms with Gasteiger partial charge in [0.25, 0.3) is 5.91 Å². The number of nitrogens with two attached hydrogens (primary N) is 1. The number of aryl methyl sites for hydroxylation is 1. The van der Waals surface area contributed by atoms with E-state index in [1.165, 1.54) is 13.2 Å². The van der Waals surface area contributed by atoms with Gasteiger partial charge in [0.15, 0.2) is 23.0 Å². The van der Waals surface area contributed by atoms with Crippen molar-refractivity contribution in [3.63, 3.8) is 0 Å². The summed E-state index contributed by atoms with van der Waals surface area (Å²) in [5.74, 6) is 0.864. The summed E-state index contributed by atoms with van der Waals surface area (Å²) >= 11 is 0. The van der Waals surface area contributed by atoms with Crippen LogP contribution >= 0.6 is 0 Å². The van der Waals surface area contributed by atoms with Crippen LogP contribution in [0.1, 0.15) is 28.8 Å². The highest BCUT2D eigenvalue weighted by atomic mass is 19.1. The maximum absolute atomic E-state index is 14.3. The molecule has 1 saturated heterocycles. The second-order valence-corrected chi connectivity index (χ2v) is 9.09. The summed E-state index contributed by atoms with van der Waals surface area (Å²) in [6.07, 6.45) is 7.03. The molecule has 36 heavy (non-hydrogen) atoms. The topological polar surface area (TPSA) is 97.8 Å². The summed E-state index contributed by atoms with van der Waals surface area (Å²) in [6.45, 7) is 4.10. The quantitative estimate of drug-likeness (QED) is 0.417. The fourth-order valence-electron chi connectivity index (χ4n) is 4.71. The minimum Gasteiger partial charge on any atom is -0.494 e. The number of nitrogens with zero attached hydrogens (tertiary/aromatic N) is 4. The number of likely N-dealkylation sites (tertiary alicyclic amines) is 1. The molecule has 0 bridgehead atoms. The number of imidazole rings is 1. The molecule has 0 unspecified atom stereocenters. The Kier molecular flexibility index (Phi) is 6.56. The number of fused-ring (bicyclic) bond motifs is 1. The maximum atomic E-state index is 14.3. The van der Waals surface area contributed by atoms with Crippen molar-refractivity contribution in [2.75, 3.05) is 32.1 Å². The summed E-state index contributed by atoms with van der Waals surface area (Å²) in [5, 5.41) is 3.31. The van der Waals surface area contributed by atoms with E-state index in [4.69, 9.17) is 10.5 Å². The molecule has 8 nitrogen and oxygen atoms in total. The zero-order valence-electron chi connectivity index (χ0n) is 20.4. The Labute approximate surface area is 208 Å². The zero-order valence-corrected chi connectivity index (χ0v) is 20.4. The molecular formula is C27H29FN6O2. The van der Waals surface area contributed by atoms with Gasteiger partial charge in [0.1, 0.15) is 0 Å². The van der Waals surface area contributed by atoms with Gasteiger partial charge in [-0.15, -0.1) is 0 Å². The first-order valence-corrected chi connectivity index (χ1v) is 12.0. The summed E-state index contributed by atoms with van der Waals surface area (Å²) in [5.41, 5.74) is 10.2. The summed E-state index contributed by atoms with van der Waals surface area (Å²) in [4.78, 5) is 24.0. The molecular weight excluding hydrogens is 459 g/mol. The van der Waals surface area contributed by atoms with Gasteiger partial charge in [-0.2, -0.15) is 0 Å². The molecule has 1 fully saturated rings.